The molecule has 0 saturated heterocycles. The molecular formula is C26H23Cl2N3O3S. The number of nitrogens with one attached hydrogen (secondary N) is 2. The summed E-state index contributed by atoms with van der Waals surface area (Å²) in [5.41, 5.74) is 4.66. The van der Waals surface area contributed by atoms with Gasteiger partial charge in [-0.15, -0.1) is 0 Å². The molecule has 180 valence electrons. The van der Waals surface area contributed by atoms with Crippen molar-refractivity contribution in [1.82, 2.24) is 10.3 Å². The summed E-state index contributed by atoms with van der Waals surface area (Å²) in [4.78, 5) is 16.8. The van der Waals surface area contributed by atoms with Crippen LogP contribution in [-0.2, 0) is 11.2 Å². The van der Waals surface area contributed by atoms with E-state index in [0.717, 1.165) is 22.4 Å². The summed E-state index contributed by atoms with van der Waals surface area (Å²) in [5, 5.41) is 6.52. The van der Waals surface area contributed by atoms with Crippen molar-refractivity contribution in [1.29, 1.82) is 0 Å². The summed E-state index contributed by atoms with van der Waals surface area (Å²) >= 11 is 17.1. The van der Waals surface area contributed by atoms with E-state index in [9.17, 15) is 4.79 Å². The molecule has 4 aromatic rings. The minimum atomic E-state index is -0.415. The number of carbonyl (C=O) groups excluding carboxylic acids is 1. The number of aromatic nitrogens is 1. The molecule has 2 N–H and O–H groups in total. The van der Waals surface area contributed by atoms with Crippen LogP contribution in [0.4, 0.5) is 5.69 Å². The molecule has 6 nitrogen and oxygen atoms in total. The second-order valence-electron chi connectivity index (χ2n) is 8.23. The molecule has 0 aliphatic carbocycles. The number of fused-ring (bicyclic) bond motifs is 1. The fourth-order valence-electron chi connectivity index (χ4n) is 3.37. The molecule has 0 aliphatic rings. The normalized spacial score (nSPS) is 11.0. The highest BCUT2D eigenvalue weighted by molar-refractivity contribution is 7.80. The highest BCUT2D eigenvalue weighted by Crippen LogP contribution is 2.27. The molecule has 0 radical (unpaired) electrons. The van der Waals surface area contributed by atoms with Crippen molar-refractivity contribution in [2.75, 3.05) is 11.9 Å². The van der Waals surface area contributed by atoms with Crippen LogP contribution in [0.2, 0.25) is 10.0 Å². The van der Waals surface area contributed by atoms with Gasteiger partial charge < -0.3 is 14.5 Å². The van der Waals surface area contributed by atoms with E-state index < -0.39 is 5.91 Å². The fraction of sp³-hybridized carbons (Fsp3) is 0.192. The van der Waals surface area contributed by atoms with Crippen molar-refractivity contribution in [3.05, 3.63) is 87.7 Å². The number of halogens is 2. The van der Waals surface area contributed by atoms with E-state index in [1.807, 2.05) is 30.3 Å². The van der Waals surface area contributed by atoms with Crippen LogP contribution < -0.4 is 15.4 Å². The quantitative estimate of drug-likeness (QED) is 0.259. The lowest BCUT2D eigenvalue weighted by Crippen LogP contribution is -2.37. The SMILES string of the molecule is CC(C)c1ccc2oc(Cc3ccc(NC(=S)NC(=O)COc4ccc(Cl)cc4Cl)cc3)nc2c1. The van der Waals surface area contributed by atoms with Crippen LogP contribution in [0, 0.1) is 0 Å². The Morgan fingerprint density at radius 2 is 1.86 bits per heavy atom. The van der Waals surface area contributed by atoms with Gasteiger partial charge in [0.2, 0.25) is 0 Å². The zero-order chi connectivity index (χ0) is 24.9. The smallest absolute Gasteiger partial charge is 0.264 e. The highest BCUT2D eigenvalue weighted by Gasteiger charge is 2.11. The van der Waals surface area contributed by atoms with Gasteiger partial charge in [-0.3, -0.25) is 10.1 Å². The van der Waals surface area contributed by atoms with E-state index >= 15 is 0 Å². The first kappa shape index (κ1) is 25.0. The van der Waals surface area contributed by atoms with Crippen LogP contribution in [0.3, 0.4) is 0 Å². The predicted molar refractivity (Wildman–Crippen MR) is 144 cm³/mol. The van der Waals surface area contributed by atoms with Gasteiger partial charge in [-0.1, -0.05) is 55.2 Å². The first-order chi connectivity index (χ1) is 16.8. The zero-order valence-electron chi connectivity index (χ0n) is 19.1. The first-order valence-electron chi connectivity index (χ1n) is 10.9. The molecule has 1 amide bonds. The molecule has 35 heavy (non-hydrogen) atoms. The van der Waals surface area contributed by atoms with E-state index in [4.69, 9.17) is 44.6 Å². The number of benzene rings is 3. The Hall–Kier alpha value is -3.13. The number of ether oxygens (including phenoxy) is 1. The molecule has 0 bridgehead atoms. The average molecular weight is 528 g/mol. The molecule has 0 fully saturated rings. The number of nitrogens with zero attached hydrogens (tertiary/aromatic N) is 1. The topological polar surface area (TPSA) is 76.4 Å². The van der Waals surface area contributed by atoms with Gasteiger partial charge in [0.15, 0.2) is 23.2 Å². The first-order valence-corrected chi connectivity index (χ1v) is 12.1. The third kappa shape index (κ3) is 6.72. The minimum Gasteiger partial charge on any atom is -0.482 e. The van der Waals surface area contributed by atoms with Crippen LogP contribution in [0.1, 0.15) is 36.8 Å². The van der Waals surface area contributed by atoms with E-state index in [1.165, 1.54) is 5.56 Å². The van der Waals surface area contributed by atoms with Crippen LogP contribution in [0.15, 0.2) is 65.1 Å². The van der Waals surface area contributed by atoms with Gasteiger partial charge >= 0.3 is 0 Å². The van der Waals surface area contributed by atoms with Gasteiger partial charge in [-0.25, -0.2) is 4.98 Å². The zero-order valence-corrected chi connectivity index (χ0v) is 21.4. The molecule has 0 saturated carbocycles. The number of anilines is 1. The van der Waals surface area contributed by atoms with Crippen molar-refractivity contribution in [2.45, 2.75) is 26.2 Å². The van der Waals surface area contributed by atoms with Crippen LogP contribution >= 0.6 is 35.4 Å². The third-order valence-electron chi connectivity index (χ3n) is 5.20. The van der Waals surface area contributed by atoms with Gasteiger partial charge in [0, 0.05) is 17.1 Å². The lowest BCUT2D eigenvalue weighted by molar-refractivity contribution is -0.121. The van der Waals surface area contributed by atoms with E-state index in [-0.39, 0.29) is 11.7 Å². The van der Waals surface area contributed by atoms with Crippen LogP contribution in [0.25, 0.3) is 11.1 Å². The second-order valence-corrected chi connectivity index (χ2v) is 9.48. The van der Waals surface area contributed by atoms with Gasteiger partial charge in [-0.2, -0.15) is 0 Å². The second kappa shape index (κ2) is 11.1. The molecule has 3 aromatic carbocycles. The van der Waals surface area contributed by atoms with Gasteiger partial charge in [0.05, 0.1) is 5.02 Å². The van der Waals surface area contributed by atoms with Crippen molar-refractivity contribution >= 4 is 63.2 Å². The number of hydrogen-bond acceptors (Lipinski definition) is 5. The predicted octanol–water partition coefficient (Wildman–Crippen LogP) is 6.74. The third-order valence-corrected chi connectivity index (χ3v) is 5.93. The van der Waals surface area contributed by atoms with E-state index in [2.05, 4.69) is 41.6 Å². The number of amides is 1. The van der Waals surface area contributed by atoms with Gasteiger partial charge in [0.1, 0.15) is 11.3 Å². The maximum atomic E-state index is 12.1. The number of rotatable bonds is 7. The summed E-state index contributed by atoms with van der Waals surface area (Å²) in [6.45, 7) is 4.06. The largest absolute Gasteiger partial charge is 0.482 e. The maximum Gasteiger partial charge on any atom is 0.264 e. The summed E-state index contributed by atoms with van der Waals surface area (Å²) < 4.78 is 11.3. The Balaban J connectivity index is 1.28. The molecule has 1 heterocycles. The monoisotopic (exact) mass is 527 g/mol. The van der Waals surface area contributed by atoms with Crippen LogP contribution in [0.5, 0.6) is 5.75 Å². The van der Waals surface area contributed by atoms with Gasteiger partial charge in [-0.05, 0) is 71.7 Å². The summed E-state index contributed by atoms with van der Waals surface area (Å²) in [6, 6.07) is 18.5. The van der Waals surface area contributed by atoms with Crippen molar-refractivity contribution < 1.29 is 13.9 Å². The fourth-order valence-corrected chi connectivity index (χ4v) is 4.06. The van der Waals surface area contributed by atoms with Crippen molar-refractivity contribution in [2.24, 2.45) is 0 Å². The molecule has 0 spiro atoms. The standard InChI is InChI=1S/C26H23Cl2N3O3S/c1-15(2)17-5-9-23-21(12-17)30-25(34-23)11-16-3-7-19(8-4-16)29-26(35)31-24(32)14-33-22-10-6-18(27)13-20(22)28/h3-10,12-13,15H,11,14H2,1-2H3,(H2,29,31,32,35). The molecule has 0 aliphatic heterocycles. The average Bonchev–Trinajstić information content (AvgIpc) is 3.21. The number of hydrogen-bond donors (Lipinski definition) is 2. The minimum absolute atomic E-state index is 0.161. The van der Waals surface area contributed by atoms with E-state index in [1.54, 1.807) is 18.2 Å². The van der Waals surface area contributed by atoms with Crippen molar-refractivity contribution in [3.8, 4) is 5.75 Å². The Morgan fingerprint density at radius 3 is 2.57 bits per heavy atom. The highest BCUT2D eigenvalue weighted by atomic mass is 35.5. The Labute approximate surface area is 218 Å². The summed E-state index contributed by atoms with van der Waals surface area (Å²) in [7, 11) is 0. The lowest BCUT2D eigenvalue weighted by atomic mass is 10.0. The van der Waals surface area contributed by atoms with Crippen molar-refractivity contribution in [3.63, 3.8) is 0 Å². The number of carbonyl (C=O) groups is 1. The molecule has 1 aromatic heterocycles. The van der Waals surface area contributed by atoms with Crippen LogP contribution in [-0.4, -0.2) is 22.6 Å². The molecule has 0 atom stereocenters. The molecule has 9 heteroatoms. The molecule has 4 rings (SSSR count). The maximum absolute atomic E-state index is 12.1. The summed E-state index contributed by atoms with van der Waals surface area (Å²) in [6.07, 6.45) is 0.567. The lowest BCUT2D eigenvalue weighted by Gasteiger charge is -2.11. The molecular weight excluding hydrogens is 505 g/mol. The Bertz CT molecular complexity index is 1370. The number of thiocarbonyl (C=S) groups is 1. The van der Waals surface area contributed by atoms with E-state index in [0.29, 0.717) is 34.0 Å². The Morgan fingerprint density at radius 1 is 1.09 bits per heavy atom. The van der Waals surface area contributed by atoms with Gasteiger partial charge in [0.25, 0.3) is 5.91 Å². The molecule has 0 unspecified atom stereocenters. The Kier molecular flexibility index (Phi) is 7.90. The number of oxazole rings is 1. The summed E-state index contributed by atoms with van der Waals surface area (Å²) in [5.74, 6) is 1.04.